The van der Waals surface area contributed by atoms with Gasteiger partial charge in [0.25, 0.3) is 0 Å². The van der Waals surface area contributed by atoms with Crippen LogP contribution >= 0.6 is 0 Å². The summed E-state index contributed by atoms with van der Waals surface area (Å²) in [7, 11) is 0. The van der Waals surface area contributed by atoms with Crippen LogP contribution in [0.1, 0.15) is 147 Å². The zero-order chi connectivity index (χ0) is 35.8. The van der Waals surface area contributed by atoms with E-state index in [9.17, 15) is 19.2 Å². The molecule has 0 radical (unpaired) electrons. The van der Waals surface area contributed by atoms with E-state index in [2.05, 4.69) is 24.5 Å². The highest BCUT2D eigenvalue weighted by molar-refractivity contribution is 6.00. The fourth-order valence-corrected chi connectivity index (χ4v) is 7.41. The Kier molecular flexibility index (Phi) is 14.0. The van der Waals surface area contributed by atoms with Crippen molar-refractivity contribution >= 4 is 24.1 Å². The van der Waals surface area contributed by atoms with Crippen LogP contribution in [0.5, 0.6) is 0 Å². The molecule has 2 heterocycles. The summed E-state index contributed by atoms with van der Waals surface area (Å²) in [4.78, 5) is 64.5. The molecule has 2 rings (SSSR count). The third-order valence-corrected chi connectivity index (χ3v) is 9.59. The number of hydrogen-bond donors (Lipinski definition) is 2. The Bertz CT molecular complexity index is 969. The van der Waals surface area contributed by atoms with Crippen molar-refractivity contribution in [3.05, 3.63) is 0 Å². The average molecular weight is 669 g/mol. The molecule has 2 aliphatic heterocycles. The van der Waals surface area contributed by atoms with Gasteiger partial charge in [-0.3, -0.25) is 9.59 Å². The van der Waals surface area contributed by atoms with E-state index < -0.39 is 63.9 Å². The fourth-order valence-electron chi connectivity index (χ4n) is 7.41. The Balaban J connectivity index is 2.14. The fraction of sp³-hybridized carbons (Fsp3) is 0.886. The molecule has 2 N–H and O–H groups in total. The normalized spacial score (nSPS) is 21.4. The lowest BCUT2D eigenvalue weighted by molar-refractivity contribution is -0.260. The highest BCUT2D eigenvalue weighted by Crippen LogP contribution is 2.43. The van der Waals surface area contributed by atoms with Crippen molar-refractivity contribution in [3.8, 4) is 0 Å². The molecule has 2 aliphatic rings. The molecule has 0 saturated carbocycles. The maximum absolute atomic E-state index is 13.9. The van der Waals surface area contributed by atoms with E-state index in [-0.39, 0.29) is 12.8 Å². The van der Waals surface area contributed by atoms with Crippen molar-refractivity contribution in [1.82, 2.24) is 20.8 Å². The Morgan fingerprint density at radius 1 is 0.596 bits per heavy atom. The second-order valence-corrected chi connectivity index (χ2v) is 15.8. The summed E-state index contributed by atoms with van der Waals surface area (Å²) in [6.07, 6.45) is 3.73. The number of ether oxygens (including phenoxy) is 2. The summed E-state index contributed by atoms with van der Waals surface area (Å²) in [6, 6.07) is 0. The van der Waals surface area contributed by atoms with Gasteiger partial charge in [-0.15, -0.1) is 10.1 Å². The van der Waals surface area contributed by atoms with E-state index in [1.54, 1.807) is 24.0 Å². The Morgan fingerprint density at radius 3 is 1.15 bits per heavy atom. The molecule has 2 fully saturated rings. The zero-order valence-electron chi connectivity index (χ0n) is 31.3. The first-order valence-electron chi connectivity index (χ1n) is 17.7. The van der Waals surface area contributed by atoms with E-state index in [1.807, 2.05) is 55.4 Å². The van der Waals surface area contributed by atoms with E-state index in [4.69, 9.17) is 19.1 Å². The summed E-state index contributed by atoms with van der Waals surface area (Å²) in [6.45, 7) is 24.4. The molecule has 0 spiro atoms. The standard InChI is InChI=1S/C35H64N4O8/c1-13-17-19-36-29(42)46-38-31(5,6)21-25(22-32(38,7)8)44-27(40)35(15-3,16-4)28(41)45-26-23-33(9,10)39(34(11,12)24-26)47-30(43)37-20-18-14-2/h25-26H,13-24H2,1-12H3,(H,36,42)(H,37,43). The van der Waals surface area contributed by atoms with Gasteiger partial charge >= 0.3 is 24.1 Å². The van der Waals surface area contributed by atoms with Crippen LogP contribution in [0.3, 0.4) is 0 Å². The number of piperidine rings is 2. The molecule has 0 bridgehead atoms. The van der Waals surface area contributed by atoms with Crippen LogP contribution in [0.15, 0.2) is 0 Å². The second kappa shape index (κ2) is 16.2. The van der Waals surface area contributed by atoms with Gasteiger partial charge in [0.2, 0.25) is 0 Å². The van der Waals surface area contributed by atoms with Crippen LogP contribution in [-0.4, -0.2) is 81.7 Å². The molecule has 0 atom stereocenters. The minimum absolute atomic E-state index is 0.223. The van der Waals surface area contributed by atoms with Gasteiger partial charge in [0.05, 0.1) is 22.2 Å². The maximum atomic E-state index is 13.9. The summed E-state index contributed by atoms with van der Waals surface area (Å²) in [5, 5.41) is 8.98. The van der Waals surface area contributed by atoms with Gasteiger partial charge < -0.3 is 29.8 Å². The van der Waals surface area contributed by atoms with Crippen molar-refractivity contribution in [1.29, 1.82) is 0 Å². The SMILES string of the molecule is CCCCNC(=O)ON1C(C)(C)CC(OC(=O)C(CC)(CC)C(=O)OC2CC(C)(C)N(OC(=O)NCCCC)C(C)(C)C2)CC1(C)C. The van der Waals surface area contributed by atoms with Gasteiger partial charge in [0.15, 0.2) is 5.41 Å². The van der Waals surface area contributed by atoms with Crippen LogP contribution in [0.2, 0.25) is 0 Å². The predicted octanol–water partition coefficient (Wildman–Crippen LogP) is 6.81. The monoisotopic (exact) mass is 668 g/mol. The molecule has 47 heavy (non-hydrogen) atoms. The molecule has 0 aliphatic carbocycles. The molecule has 0 aromatic rings. The van der Waals surface area contributed by atoms with E-state index in [0.29, 0.717) is 38.8 Å². The average Bonchev–Trinajstić information content (AvgIpc) is 2.93. The van der Waals surface area contributed by atoms with Crippen LogP contribution < -0.4 is 10.6 Å². The summed E-state index contributed by atoms with van der Waals surface area (Å²) in [5.41, 5.74) is -4.04. The Morgan fingerprint density at radius 2 is 0.894 bits per heavy atom. The van der Waals surface area contributed by atoms with Gasteiger partial charge in [-0.25, -0.2) is 9.59 Å². The number of unbranched alkanes of at least 4 members (excludes halogenated alkanes) is 2. The molecule has 2 amide bonds. The van der Waals surface area contributed by atoms with Gasteiger partial charge in [-0.05, 0) is 81.1 Å². The molecule has 0 aromatic heterocycles. The summed E-state index contributed by atoms with van der Waals surface area (Å²) >= 11 is 0. The van der Waals surface area contributed by atoms with Gasteiger partial charge in [-0.2, -0.15) is 0 Å². The molecular formula is C35H64N4O8. The number of rotatable bonds is 14. The second-order valence-electron chi connectivity index (χ2n) is 15.8. The number of carbonyl (C=O) groups is 4. The number of amides is 2. The van der Waals surface area contributed by atoms with Crippen LogP contribution in [-0.2, 0) is 28.7 Å². The molecule has 12 heteroatoms. The highest BCUT2D eigenvalue weighted by Gasteiger charge is 2.54. The molecule has 2 saturated heterocycles. The van der Waals surface area contributed by atoms with Crippen molar-refractivity contribution in [2.24, 2.45) is 5.41 Å². The number of carbonyl (C=O) groups excluding carboxylic acids is 4. The number of nitrogens with one attached hydrogen (secondary N) is 2. The summed E-state index contributed by atoms with van der Waals surface area (Å²) in [5.74, 6) is -1.20. The van der Waals surface area contributed by atoms with E-state index in [1.165, 1.54) is 0 Å². The lowest BCUT2D eigenvalue weighted by atomic mass is 9.78. The third kappa shape index (κ3) is 10.2. The van der Waals surface area contributed by atoms with Gasteiger partial charge in [0.1, 0.15) is 12.2 Å². The first-order valence-corrected chi connectivity index (χ1v) is 17.7. The number of nitrogens with zero attached hydrogens (tertiary/aromatic N) is 2. The first kappa shape index (κ1) is 40.6. The quantitative estimate of drug-likeness (QED) is 0.115. The number of hydrogen-bond acceptors (Lipinski definition) is 10. The minimum atomic E-state index is -1.47. The smallest absolute Gasteiger partial charge is 0.426 e. The van der Waals surface area contributed by atoms with Gasteiger partial charge in [0, 0.05) is 38.8 Å². The van der Waals surface area contributed by atoms with Gasteiger partial charge in [-0.1, -0.05) is 40.5 Å². The molecule has 12 nitrogen and oxygen atoms in total. The van der Waals surface area contributed by atoms with Crippen LogP contribution in [0.25, 0.3) is 0 Å². The van der Waals surface area contributed by atoms with Crippen LogP contribution in [0, 0.1) is 5.41 Å². The van der Waals surface area contributed by atoms with E-state index >= 15 is 0 Å². The largest absolute Gasteiger partial charge is 0.461 e. The Labute approximate surface area is 283 Å². The lowest BCUT2D eigenvalue weighted by Gasteiger charge is -2.52. The number of hydroxylamine groups is 4. The molecular weight excluding hydrogens is 604 g/mol. The van der Waals surface area contributed by atoms with E-state index in [0.717, 1.165) is 25.7 Å². The third-order valence-electron chi connectivity index (χ3n) is 9.59. The van der Waals surface area contributed by atoms with Crippen LogP contribution in [0.4, 0.5) is 9.59 Å². The highest BCUT2D eigenvalue weighted by atomic mass is 16.7. The zero-order valence-corrected chi connectivity index (χ0v) is 31.3. The topological polar surface area (TPSA) is 136 Å². The molecule has 272 valence electrons. The minimum Gasteiger partial charge on any atom is -0.461 e. The molecule has 0 aromatic carbocycles. The maximum Gasteiger partial charge on any atom is 0.426 e. The van der Waals surface area contributed by atoms with Crippen molar-refractivity contribution in [2.45, 2.75) is 182 Å². The van der Waals surface area contributed by atoms with Crippen molar-refractivity contribution in [2.75, 3.05) is 13.1 Å². The van der Waals surface area contributed by atoms with Crippen molar-refractivity contribution < 1.29 is 38.3 Å². The first-order chi connectivity index (χ1) is 21.7. The molecule has 0 unspecified atom stereocenters. The van der Waals surface area contributed by atoms with Crippen molar-refractivity contribution in [3.63, 3.8) is 0 Å². The number of esters is 2. The predicted molar refractivity (Wildman–Crippen MR) is 180 cm³/mol. The lowest BCUT2D eigenvalue weighted by Crippen LogP contribution is -2.63. The summed E-state index contributed by atoms with van der Waals surface area (Å²) < 4.78 is 12.3. The Hall–Kier alpha value is -2.60.